The summed E-state index contributed by atoms with van der Waals surface area (Å²) in [5, 5.41) is 2.55. The highest BCUT2D eigenvalue weighted by Crippen LogP contribution is 2.33. The van der Waals surface area contributed by atoms with Gasteiger partial charge in [-0.3, -0.25) is 9.36 Å². The second kappa shape index (κ2) is 6.75. The number of halogens is 3. The molecule has 0 amide bonds. The number of nitrogens with zero attached hydrogens (tertiary/aromatic N) is 4. The predicted molar refractivity (Wildman–Crippen MR) is 99.4 cm³/mol. The molecule has 4 aromatic rings. The zero-order valence-corrected chi connectivity index (χ0v) is 15.1. The molecule has 0 saturated carbocycles. The lowest BCUT2D eigenvalue weighted by molar-refractivity contribution is -0.115. The van der Waals surface area contributed by atoms with E-state index >= 15 is 0 Å². The maximum Gasteiger partial charge on any atom is 0.405 e. The van der Waals surface area contributed by atoms with Crippen molar-refractivity contribution in [2.45, 2.75) is 6.18 Å². The fourth-order valence-corrected chi connectivity index (χ4v) is 3.73. The molecule has 0 fully saturated rings. The highest BCUT2D eigenvalue weighted by atomic mass is 32.1. The summed E-state index contributed by atoms with van der Waals surface area (Å²) >= 11 is 1.06. The van der Waals surface area contributed by atoms with E-state index < -0.39 is 12.7 Å². The molecule has 3 heterocycles. The van der Waals surface area contributed by atoms with Crippen LogP contribution in [0.3, 0.4) is 0 Å². The number of ether oxygens (including phenoxy) is 1. The summed E-state index contributed by atoms with van der Waals surface area (Å²) in [6.45, 7) is -1.25. The van der Waals surface area contributed by atoms with Crippen LogP contribution in [0, 0.1) is 0 Å². The van der Waals surface area contributed by atoms with E-state index in [1.165, 1.54) is 18.0 Å². The van der Waals surface area contributed by atoms with Gasteiger partial charge in [0.1, 0.15) is 45.8 Å². The number of aromatic nitrogens is 4. The summed E-state index contributed by atoms with van der Waals surface area (Å²) < 4.78 is 44.4. The number of hydrogen-bond acceptors (Lipinski definition) is 7. The predicted octanol–water partition coefficient (Wildman–Crippen LogP) is 3.37. The number of fused-ring (bicyclic) bond motifs is 3. The number of nitrogens with one attached hydrogen (secondary N) is 1. The van der Waals surface area contributed by atoms with E-state index in [1.807, 2.05) is 0 Å². The first kappa shape index (κ1) is 18.2. The average molecular weight is 407 g/mol. The van der Waals surface area contributed by atoms with E-state index in [1.54, 1.807) is 24.3 Å². The zero-order chi connectivity index (χ0) is 19.9. The zero-order valence-electron chi connectivity index (χ0n) is 14.3. The van der Waals surface area contributed by atoms with Crippen LogP contribution in [0.15, 0.2) is 41.7 Å². The van der Waals surface area contributed by atoms with Gasteiger partial charge in [0.25, 0.3) is 5.56 Å². The summed E-state index contributed by atoms with van der Waals surface area (Å²) in [5.41, 5.74) is 0.499. The Hall–Kier alpha value is -3.21. The molecule has 3 aromatic heterocycles. The molecule has 0 atom stereocenters. The van der Waals surface area contributed by atoms with Crippen molar-refractivity contribution in [3.05, 3.63) is 47.3 Å². The van der Waals surface area contributed by atoms with Gasteiger partial charge in [0.15, 0.2) is 0 Å². The number of benzene rings is 1. The first-order valence-electron chi connectivity index (χ1n) is 7.97. The van der Waals surface area contributed by atoms with Gasteiger partial charge in [0.2, 0.25) is 0 Å². The molecule has 28 heavy (non-hydrogen) atoms. The molecule has 144 valence electrons. The molecule has 0 aliphatic carbocycles. The van der Waals surface area contributed by atoms with Gasteiger partial charge in [-0.25, -0.2) is 15.0 Å². The lowest BCUT2D eigenvalue weighted by Crippen LogP contribution is -2.22. The minimum Gasteiger partial charge on any atom is -0.497 e. The normalized spacial score (nSPS) is 11.9. The van der Waals surface area contributed by atoms with Crippen LogP contribution in [-0.4, -0.2) is 39.3 Å². The highest BCUT2D eigenvalue weighted by Gasteiger charge is 2.28. The highest BCUT2D eigenvalue weighted by molar-refractivity contribution is 7.25. The Bertz CT molecular complexity index is 1220. The number of alkyl halides is 3. The standard InChI is InChI=1S/C17H12F3N5O2S/c1-27-10-4-2-9(3-5-10)25-8-24-12-11-14(21-6-17(18,19)20)22-7-23-15(11)28-13(12)16(25)26/h2-5,7-8H,6H2,1H3,(H,21,22,23). The van der Waals surface area contributed by atoms with Gasteiger partial charge in [0.05, 0.1) is 18.2 Å². The average Bonchev–Trinajstić information content (AvgIpc) is 3.06. The molecule has 1 aromatic carbocycles. The molecule has 0 bridgehead atoms. The van der Waals surface area contributed by atoms with Crippen LogP contribution in [0.5, 0.6) is 5.75 Å². The van der Waals surface area contributed by atoms with E-state index in [-0.39, 0.29) is 21.6 Å². The van der Waals surface area contributed by atoms with Gasteiger partial charge in [-0.05, 0) is 24.3 Å². The Balaban J connectivity index is 1.85. The minimum absolute atomic E-state index is 0.0114. The molecule has 0 spiro atoms. The van der Waals surface area contributed by atoms with Gasteiger partial charge >= 0.3 is 6.18 Å². The molecule has 1 N–H and O–H groups in total. The molecule has 7 nitrogen and oxygen atoms in total. The molecule has 11 heteroatoms. The van der Waals surface area contributed by atoms with Crippen molar-refractivity contribution in [1.29, 1.82) is 0 Å². The van der Waals surface area contributed by atoms with Crippen molar-refractivity contribution < 1.29 is 17.9 Å². The molecule has 4 rings (SSSR count). The van der Waals surface area contributed by atoms with Crippen molar-refractivity contribution in [2.24, 2.45) is 0 Å². The van der Waals surface area contributed by atoms with Crippen molar-refractivity contribution in [1.82, 2.24) is 19.5 Å². The molecular formula is C17H12F3N5O2S. The number of methoxy groups -OCH3 is 1. The largest absolute Gasteiger partial charge is 0.497 e. The second-order valence-electron chi connectivity index (χ2n) is 5.77. The van der Waals surface area contributed by atoms with Crippen molar-refractivity contribution >= 4 is 37.6 Å². The maximum atomic E-state index is 12.9. The van der Waals surface area contributed by atoms with Crippen LogP contribution in [0.25, 0.3) is 26.1 Å². The molecule has 0 radical (unpaired) electrons. The lowest BCUT2D eigenvalue weighted by Gasteiger charge is -2.09. The lowest BCUT2D eigenvalue weighted by atomic mass is 10.3. The third kappa shape index (κ3) is 3.24. The summed E-state index contributed by atoms with van der Waals surface area (Å²) in [6.07, 6.45) is -1.92. The Morgan fingerprint density at radius 3 is 2.61 bits per heavy atom. The van der Waals surface area contributed by atoms with Gasteiger partial charge < -0.3 is 10.1 Å². The summed E-state index contributed by atoms with van der Waals surface area (Å²) in [4.78, 5) is 25.6. The SMILES string of the molecule is COc1ccc(-n2cnc3c(sc4ncnc(NCC(F)(F)F)c43)c2=O)cc1. The van der Waals surface area contributed by atoms with E-state index in [9.17, 15) is 18.0 Å². The van der Waals surface area contributed by atoms with Gasteiger partial charge in [0, 0.05) is 0 Å². The Labute approximate surface area is 159 Å². The first-order valence-corrected chi connectivity index (χ1v) is 8.79. The van der Waals surface area contributed by atoms with Crippen molar-refractivity contribution in [3.63, 3.8) is 0 Å². The fraction of sp³-hybridized carbons (Fsp3) is 0.176. The van der Waals surface area contributed by atoms with Gasteiger partial charge in [-0.15, -0.1) is 11.3 Å². The number of anilines is 1. The monoisotopic (exact) mass is 407 g/mol. The fourth-order valence-electron chi connectivity index (χ4n) is 2.71. The van der Waals surface area contributed by atoms with E-state index in [0.29, 0.717) is 21.7 Å². The third-order valence-corrected chi connectivity index (χ3v) is 5.06. The summed E-state index contributed by atoms with van der Waals surface area (Å²) in [5.74, 6) is 0.631. The minimum atomic E-state index is -4.41. The topological polar surface area (TPSA) is 81.9 Å². The number of rotatable bonds is 4. The van der Waals surface area contributed by atoms with Crippen molar-refractivity contribution in [2.75, 3.05) is 19.0 Å². The van der Waals surface area contributed by atoms with Crippen LogP contribution < -0.4 is 15.6 Å². The smallest absolute Gasteiger partial charge is 0.405 e. The molecular weight excluding hydrogens is 395 g/mol. The number of hydrogen-bond donors (Lipinski definition) is 1. The van der Waals surface area contributed by atoms with Crippen LogP contribution in [0.4, 0.5) is 19.0 Å². The quantitative estimate of drug-likeness (QED) is 0.559. The van der Waals surface area contributed by atoms with Crippen LogP contribution >= 0.6 is 11.3 Å². The third-order valence-electron chi connectivity index (χ3n) is 3.99. The molecule has 0 aliphatic rings. The molecule has 0 saturated heterocycles. The summed E-state index contributed by atoms with van der Waals surface area (Å²) in [7, 11) is 1.54. The van der Waals surface area contributed by atoms with E-state index in [2.05, 4.69) is 20.3 Å². The van der Waals surface area contributed by atoms with Crippen LogP contribution in [-0.2, 0) is 0 Å². The molecule has 0 aliphatic heterocycles. The van der Waals surface area contributed by atoms with Crippen LogP contribution in [0.2, 0.25) is 0 Å². The molecule has 0 unspecified atom stereocenters. The Morgan fingerprint density at radius 1 is 1.18 bits per heavy atom. The van der Waals surface area contributed by atoms with E-state index in [4.69, 9.17) is 4.74 Å². The maximum absolute atomic E-state index is 12.9. The number of thiophene rings is 1. The van der Waals surface area contributed by atoms with Crippen molar-refractivity contribution in [3.8, 4) is 11.4 Å². The summed E-state index contributed by atoms with van der Waals surface area (Å²) in [6, 6.07) is 6.83. The Kier molecular flexibility index (Phi) is 4.38. The first-order chi connectivity index (χ1) is 13.4. The van der Waals surface area contributed by atoms with Crippen LogP contribution in [0.1, 0.15) is 0 Å². The Morgan fingerprint density at radius 2 is 1.93 bits per heavy atom. The second-order valence-corrected chi connectivity index (χ2v) is 6.77. The van der Waals surface area contributed by atoms with E-state index in [0.717, 1.165) is 17.7 Å². The van der Waals surface area contributed by atoms with Gasteiger partial charge in [-0.1, -0.05) is 0 Å². The van der Waals surface area contributed by atoms with Gasteiger partial charge in [-0.2, -0.15) is 13.2 Å².